The van der Waals surface area contributed by atoms with Crippen LogP contribution < -0.4 is 0 Å². The van der Waals surface area contributed by atoms with Crippen LogP contribution in [0.15, 0.2) is 71.2 Å². The number of halogens is 2. The number of fused-ring (bicyclic) bond motifs is 1. The van der Waals surface area contributed by atoms with Gasteiger partial charge in [0, 0.05) is 32.7 Å². The van der Waals surface area contributed by atoms with Crippen molar-refractivity contribution < 1.29 is 9.90 Å². The molecule has 0 saturated heterocycles. The maximum atomic E-state index is 13.2. The molecule has 0 bridgehead atoms. The van der Waals surface area contributed by atoms with Gasteiger partial charge in [-0.2, -0.15) is 0 Å². The summed E-state index contributed by atoms with van der Waals surface area (Å²) in [6, 6.07) is 20.3. The molecular weight excluding hydrogens is 426 g/mol. The average Bonchev–Trinajstić information content (AvgIpc) is 2.86. The highest BCUT2D eigenvalue weighted by molar-refractivity contribution is 9.10. The van der Waals surface area contributed by atoms with Crippen molar-refractivity contribution >= 4 is 33.4 Å². The lowest BCUT2D eigenvalue weighted by molar-refractivity contribution is -0.0542. The molecule has 1 aliphatic rings. The maximum absolute atomic E-state index is 13.2. The van der Waals surface area contributed by atoms with E-state index in [1.54, 1.807) is 36.4 Å². The van der Waals surface area contributed by atoms with E-state index in [9.17, 15) is 9.90 Å². The third-order valence-electron chi connectivity index (χ3n) is 4.93. The zero-order valence-electron chi connectivity index (χ0n) is 14.6. The Labute approximate surface area is 171 Å². The Morgan fingerprint density at radius 2 is 1.70 bits per heavy atom. The summed E-state index contributed by atoms with van der Waals surface area (Å²) in [6.07, 6.45) is 0. The summed E-state index contributed by atoms with van der Waals surface area (Å²) in [7, 11) is 0. The van der Waals surface area contributed by atoms with Gasteiger partial charge in [-0.3, -0.25) is 9.69 Å². The van der Waals surface area contributed by atoms with E-state index in [4.69, 9.17) is 11.6 Å². The van der Waals surface area contributed by atoms with Crippen molar-refractivity contribution in [3.8, 4) is 0 Å². The second kappa shape index (κ2) is 6.79. The van der Waals surface area contributed by atoms with Gasteiger partial charge in [0.05, 0.1) is 0 Å². The van der Waals surface area contributed by atoms with Crippen LogP contribution >= 0.6 is 27.5 Å². The largest absolute Gasteiger partial charge is 0.363 e. The van der Waals surface area contributed by atoms with Gasteiger partial charge in [-0.25, -0.2) is 0 Å². The van der Waals surface area contributed by atoms with Gasteiger partial charge in [-0.05, 0) is 36.8 Å². The van der Waals surface area contributed by atoms with Crippen molar-refractivity contribution in [1.29, 1.82) is 0 Å². The number of carbonyl (C=O) groups is 1. The second-order valence-electron chi connectivity index (χ2n) is 6.75. The number of rotatable bonds is 3. The van der Waals surface area contributed by atoms with Crippen LogP contribution in [0.5, 0.6) is 0 Å². The second-order valence-corrected chi connectivity index (χ2v) is 8.10. The monoisotopic (exact) mass is 441 g/mol. The van der Waals surface area contributed by atoms with Gasteiger partial charge >= 0.3 is 0 Å². The van der Waals surface area contributed by atoms with E-state index in [1.807, 2.05) is 37.3 Å². The predicted octanol–water partition coefficient (Wildman–Crippen LogP) is 5.26. The van der Waals surface area contributed by atoms with Gasteiger partial charge in [-0.15, -0.1) is 0 Å². The normalized spacial score (nSPS) is 18.7. The minimum Gasteiger partial charge on any atom is -0.363 e. The Morgan fingerprint density at radius 1 is 1.04 bits per heavy atom. The molecule has 1 aliphatic heterocycles. The van der Waals surface area contributed by atoms with Crippen molar-refractivity contribution in [1.82, 2.24) is 4.90 Å². The van der Waals surface area contributed by atoms with E-state index >= 15 is 0 Å². The van der Waals surface area contributed by atoms with Crippen LogP contribution in [0.25, 0.3) is 0 Å². The first-order valence-corrected chi connectivity index (χ1v) is 9.72. The average molecular weight is 443 g/mol. The standard InChI is InChI=1S/C22H17BrClNO2/c1-14-2-4-15(5-3-14)13-25-21(26)19-12-17(23)8-11-20(19)22(25,27)16-6-9-18(24)10-7-16/h2-12,27H,13H2,1H3. The summed E-state index contributed by atoms with van der Waals surface area (Å²) in [5.41, 5.74) is 2.22. The molecule has 0 spiro atoms. The Bertz CT molecular complexity index is 1020. The first-order chi connectivity index (χ1) is 12.9. The zero-order valence-corrected chi connectivity index (χ0v) is 17.0. The van der Waals surface area contributed by atoms with Crippen molar-refractivity contribution in [2.24, 2.45) is 0 Å². The quantitative estimate of drug-likeness (QED) is 0.601. The number of hydrogen-bond acceptors (Lipinski definition) is 2. The van der Waals surface area contributed by atoms with Crippen LogP contribution in [0.2, 0.25) is 5.02 Å². The van der Waals surface area contributed by atoms with Gasteiger partial charge in [-0.1, -0.05) is 75.6 Å². The molecule has 3 aromatic rings. The highest BCUT2D eigenvalue weighted by Crippen LogP contribution is 2.44. The van der Waals surface area contributed by atoms with Crippen LogP contribution in [0.1, 0.15) is 32.6 Å². The van der Waals surface area contributed by atoms with Crippen LogP contribution in [0.3, 0.4) is 0 Å². The molecule has 4 rings (SSSR count). The molecule has 3 aromatic carbocycles. The number of amides is 1. The minimum absolute atomic E-state index is 0.204. The molecule has 0 aromatic heterocycles. The highest BCUT2D eigenvalue weighted by Gasteiger charge is 2.49. The van der Waals surface area contributed by atoms with E-state index < -0.39 is 5.72 Å². The molecule has 1 atom stereocenters. The first-order valence-electron chi connectivity index (χ1n) is 8.55. The molecular formula is C22H17BrClNO2. The van der Waals surface area contributed by atoms with Crippen molar-refractivity contribution in [3.63, 3.8) is 0 Å². The van der Waals surface area contributed by atoms with Crippen LogP contribution in [0.4, 0.5) is 0 Å². The Balaban J connectivity index is 1.86. The summed E-state index contributed by atoms with van der Waals surface area (Å²) in [5.74, 6) is -0.204. The number of nitrogens with zero attached hydrogens (tertiary/aromatic N) is 1. The molecule has 3 nitrogen and oxygen atoms in total. The highest BCUT2D eigenvalue weighted by atomic mass is 79.9. The number of aryl methyl sites for hydroxylation is 1. The molecule has 0 saturated carbocycles. The SMILES string of the molecule is Cc1ccc(CN2C(=O)c3cc(Br)ccc3C2(O)c2ccc(Cl)cc2)cc1. The number of benzene rings is 3. The summed E-state index contributed by atoms with van der Waals surface area (Å²) < 4.78 is 0.797. The topological polar surface area (TPSA) is 40.5 Å². The molecule has 136 valence electrons. The number of hydrogen-bond donors (Lipinski definition) is 1. The summed E-state index contributed by atoms with van der Waals surface area (Å²) in [6.45, 7) is 2.31. The third kappa shape index (κ3) is 3.08. The lowest BCUT2D eigenvalue weighted by atomic mass is 9.93. The first kappa shape index (κ1) is 18.2. The number of aliphatic hydroxyl groups is 1. The lowest BCUT2D eigenvalue weighted by Gasteiger charge is -2.35. The van der Waals surface area contributed by atoms with E-state index in [2.05, 4.69) is 15.9 Å². The molecule has 0 fully saturated rings. The van der Waals surface area contributed by atoms with Crippen LogP contribution in [-0.2, 0) is 12.3 Å². The van der Waals surface area contributed by atoms with E-state index in [0.717, 1.165) is 15.6 Å². The molecule has 1 heterocycles. The molecule has 1 N–H and O–H groups in total. The fourth-order valence-corrected chi connectivity index (χ4v) is 3.98. The van der Waals surface area contributed by atoms with Gasteiger partial charge in [0.25, 0.3) is 5.91 Å². The third-order valence-corrected chi connectivity index (χ3v) is 5.68. The Hall–Kier alpha value is -2.14. The van der Waals surface area contributed by atoms with E-state index in [-0.39, 0.29) is 5.91 Å². The summed E-state index contributed by atoms with van der Waals surface area (Å²) >= 11 is 9.45. The summed E-state index contributed by atoms with van der Waals surface area (Å²) in [5, 5.41) is 12.4. The smallest absolute Gasteiger partial charge is 0.257 e. The minimum atomic E-state index is -1.55. The molecule has 1 amide bonds. The van der Waals surface area contributed by atoms with Crippen LogP contribution in [0, 0.1) is 6.92 Å². The maximum Gasteiger partial charge on any atom is 0.257 e. The van der Waals surface area contributed by atoms with E-state index in [1.165, 1.54) is 4.90 Å². The van der Waals surface area contributed by atoms with Gasteiger partial charge in [0.15, 0.2) is 5.72 Å². The van der Waals surface area contributed by atoms with Gasteiger partial charge in [0.1, 0.15) is 0 Å². The fourth-order valence-electron chi connectivity index (χ4n) is 3.49. The van der Waals surface area contributed by atoms with Crippen molar-refractivity contribution in [3.05, 3.63) is 104 Å². The Morgan fingerprint density at radius 3 is 2.37 bits per heavy atom. The van der Waals surface area contributed by atoms with Crippen LogP contribution in [-0.4, -0.2) is 15.9 Å². The lowest BCUT2D eigenvalue weighted by Crippen LogP contribution is -2.44. The van der Waals surface area contributed by atoms with Crippen molar-refractivity contribution in [2.45, 2.75) is 19.2 Å². The van der Waals surface area contributed by atoms with Gasteiger partial charge in [0.2, 0.25) is 0 Å². The molecule has 5 heteroatoms. The van der Waals surface area contributed by atoms with Gasteiger partial charge < -0.3 is 5.11 Å². The zero-order chi connectivity index (χ0) is 19.2. The molecule has 27 heavy (non-hydrogen) atoms. The Kier molecular flexibility index (Phi) is 4.58. The molecule has 0 radical (unpaired) electrons. The molecule has 0 aliphatic carbocycles. The fraction of sp³-hybridized carbons (Fsp3) is 0.136. The summed E-state index contributed by atoms with van der Waals surface area (Å²) in [4.78, 5) is 14.7. The van der Waals surface area contributed by atoms with E-state index in [0.29, 0.717) is 28.3 Å². The van der Waals surface area contributed by atoms with Crippen molar-refractivity contribution in [2.75, 3.05) is 0 Å². The number of carbonyl (C=O) groups excluding carboxylic acids is 1. The molecule has 1 unspecified atom stereocenters. The predicted molar refractivity (Wildman–Crippen MR) is 110 cm³/mol.